The quantitative estimate of drug-likeness (QED) is 0.621. The van der Waals surface area contributed by atoms with Crippen LogP contribution in [0.3, 0.4) is 0 Å². The van der Waals surface area contributed by atoms with Gasteiger partial charge in [0.2, 0.25) is 5.91 Å². The topological polar surface area (TPSA) is 58.1 Å². The Hall–Kier alpha value is -2.76. The number of nitrogens with one attached hydrogen (secondary N) is 1. The number of hydrogen-bond donors (Lipinski definition) is 1. The lowest BCUT2D eigenvalue weighted by atomic mass is 9.93. The smallest absolute Gasteiger partial charge is 0.221 e. The van der Waals surface area contributed by atoms with Crippen molar-refractivity contribution in [3.05, 3.63) is 77.2 Å². The number of hydrogen-bond acceptors (Lipinski definition) is 4. The van der Waals surface area contributed by atoms with Gasteiger partial charge in [-0.2, -0.15) is 0 Å². The van der Waals surface area contributed by atoms with Crippen LogP contribution < -0.4 is 5.32 Å². The lowest BCUT2D eigenvalue weighted by Crippen LogP contribution is -2.32. The van der Waals surface area contributed by atoms with Gasteiger partial charge in [-0.3, -0.25) is 14.7 Å². The molecule has 0 radical (unpaired) electrons. The minimum absolute atomic E-state index is 0.0487. The van der Waals surface area contributed by atoms with Crippen molar-refractivity contribution < 1.29 is 4.79 Å². The molecule has 1 aliphatic heterocycles. The first kappa shape index (κ1) is 20.5. The fourth-order valence-electron chi connectivity index (χ4n) is 3.91. The van der Waals surface area contributed by atoms with Crippen LogP contribution in [0.15, 0.2) is 60.9 Å². The molecule has 154 valence electrons. The zero-order valence-electron chi connectivity index (χ0n) is 17.0. The second-order valence-corrected chi connectivity index (χ2v) is 8.20. The highest BCUT2D eigenvalue weighted by Gasteiger charge is 2.22. The van der Waals surface area contributed by atoms with Crippen molar-refractivity contribution in [1.82, 2.24) is 14.9 Å². The van der Waals surface area contributed by atoms with Gasteiger partial charge < -0.3 is 5.32 Å². The number of likely N-dealkylation sites (tertiary alicyclic amines) is 1. The summed E-state index contributed by atoms with van der Waals surface area (Å²) in [6.45, 7) is 4.50. The Bertz CT molecular complexity index is 1010. The molecule has 3 aromatic rings. The van der Waals surface area contributed by atoms with Gasteiger partial charge in [0.05, 0.1) is 17.6 Å². The Morgan fingerprint density at radius 3 is 2.60 bits per heavy atom. The van der Waals surface area contributed by atoms with Gasteiger partial charge in [-0.05, 0) is 55.8 Å². The number of carbonyl (C=O) groups is 1. The number of carbonyl (C=O) groups excluding carboxylic acids is 1. The molecule has 30 heavy (non-hydrogen) atoms. The summed E-state index contributed by atoms with van der Waals surface area (Å²) < 4.78 is 0. The molecule has 4 rings (SSSR count). The zero-order chi connectivity index (χ0) is 20.9. The number of benzene rings is 2. The van der Waals surface area contributed by atoms with E-state index in [1.165, 1.54) is 12.5 Å². The van der Waals surface area contributed by atoms with Gasteiger partial charge in [0.1, 0.15) is 0 Å². The predicted octanol–water partition coefficient (Wildman–Crippen LogP) is 5.14. The molecule has 6 heteroatoms. The fourth-order valence-corrected chi connectivity index (χ4v) is 4.10. The highest BCUT2D eigenvalue weighted by molar-refractivity contribution is 6.30. The van der Waals surface area contributed by atoms with Crippen molar-refractivity contribution in [1.29, 1.82) is 0 Å². The number of rotatable bonds is 5. The van der Waals surface area contributed by atoms with Crippen LogP contribution in [0.25, 0.3) is 11.3 Å². The molecule has 0 atom stereocenters. The minimum Gasteiger partial charge on any atom is -0.326 e. The van der Waals surface area contributed by atoms with Crippen LogP contribution in [0.2, 0.25) is 5.02 Å². The molecule has 1 aromatic heterocycles. The molecule has 0 saturated carbocycles. The monoisotopic (exact) mass is 420 g/mol. The fraction of sp³-hybridized carbons (Fsp3) is 0.292. The number of anilines is 1. The number of piperidine rings is 1. The molecule has 1 N–H and O–H groups in total. The molecule has 1 saturated heterocycles. The van der Waals surface area contributed by atoms with Crippen molar-refractivity contribution in [2.75, 3.05) is 18.4 Å². The Kier molecular flexibility index (Phi) is 6.41. The van der Waals surface area contributed by atoms with Gasteiger partial charge in [0.15, 0.2) is 0 Å². The summed E-state index contributed by atoms with van der Waals surface area (Å²) in [5, 5.41) is 3.51. The van der Waals surface area contributed by atoms with E-state index >= 15 is 0 Å². The van der Waals surface area contributed by atoms with Gasteiger partial charge in [-0.25, -0.2) is 4.98 Å². The van der Waals surface area contributed by atoms with Crippen LogP contribution in [0, 0.1) is 0 Å². The third-order valence-corrected chi connectivity index (χ3v) is 5.69. The Balaban J connectivity index is 1.35. The van der Waals surface area contributed by atoms with Gasteiger partial charge in [0.25, 0.3) is 0 Å². The molecular formula is C24H25ClN4O. The SMILES string of the molecule is CC(=O)Nc1ccc(CN2CCC(c3cncc(-c4cccc(Cl)c4)n3)CC2)cc1. The second-order valence-electron chi connectivity index (χ2n) is 7.77. The Morgan fingerprint density at radius 2 is 1.90 bits per heavy atom. The van der Waals surface area contributed by atoms with E-state index in [1.54, 1.807) is 6.20 Å². The number of nitrogens with zero attached hydrogens (tertiary/aromatic N) is 3. The number of aromatic nitrogens is 2. The maximum atomic E-state index is 11.1. The van der Waals surface area contributed by atoms with Crippen LogP contribution in [0.1, 0.15) is 36.9 Å². The molecule has 0 unspecified atom stereocenters. The van der Waals surface area contributed by atoms with Gasteiger partial charge >= 0.3 is 0 Å². The summed E-state index contributed by atoms with van der Waals surface area (Å²) in [7, 11) is 0. The average Bonchev–Trinajstić information content (AvgIpc) is 2.75. The molecular weight excluding hydrogens is 396 g/mol. The molecule has 1 amide bonds. The Morgan fingerprint density at radius 1 is 1.13 bits per heavy atom. The first-order valence-electron chi connectivity index (χ1n) is 10.2. The van der Waals surface area contributed by atoms with Gasteiger partial charge in [-0.1, -0.05) is 35.9 Å². The van der Waals surface area contributed by atoms with E-state index in [0.717, 1.165) is 55.1 Å². The van der Waals surface area contributed by atoms with Gasteiger partial charge in [0, 0.05) is 41.9 Å². The van der Waals surface area contributed by atoms with Crippen LogP contribution in [-0.2, 0) is 11.3 Å². The maximum Gasteiger partial charge on any atom is 0.221 e. The molecule has 0 aliphatic carbocycles. The van der Waals surface area contributed by atoms with Crippen molar-refractivity contribution >= 4 is 23.2 Å². The van der Waals surface area contributed by atoms with E-state index in [-0.39, 0.29) is 5.91 Å². The first-order chi connectivity index (χ1) is 14.6. The van der Waals surface area contributed by atoms with E-state index in [0.29, 0.717) is 10.9 Å². The third-order valence-electron chi connectivity index (χ3n) is 5.46. The number of amides is 1. The molecule has 2 aromatic carbocycles. The summed E-state index contributed by atoms with van der Waals surface area (Å²) in [5.74, 6) is 0.377. The third kappa shape index (κ3) is 5.23. The van der Waals surface area contributed by atoms with Gasteiger partial charge in [-0.15, -0.1) is 0 Å². The molecule has 2 heterocycles. The largest absolute Gasteiger partial charge is 0.326 e. The lowest BCUT2D eigenvalue weighted by molar-refractivity contribution is -0.114. The highest BCUT2D eigenvalue weighted by Crippen LogP contribution is 2.29. The summed E-state index contributed by atoms with van der Waals surface area (Å²) in [4.78, 5) is 22.9. The number of halogens is 1. The van der Waals surface area contributed by atoms with Crippen molar-refractivity contribution in [3.63, 3.8) is 0 Å². The van der Waals surface area contributed by atoms with Crippen LogP contribution in [0.4, 0.5) is 5.69 Å². The summed E-state index contributed by atoms with van der Waals surface area (Å²) in [6.07, 6.45) is 5.83. The molecule has 0 spiro atoms. The second kappa shape index (κ2) is 9.37. The van der Waals surface area contributed by atoms with Crippen LogP contribution in [-0.4, -0.2) is 33.9 Å². The molecule has 1 fully saturated rings. The predicted molar refractivity (Wildman–Crippen MR) is 120 cm³/mol. The summed E-state index contributed by atoms with van der Waals surface area (Å²) in [5.41, 5.74) is 5.02. The van der Waals surface area contributed by atoms with Crippen molar-refractivity contribution in [3.8, 4) is 11.3 Å². The van der Waals surface area contributed by atoms with Crippen LogP contribution in [0.5, 0.6) is 0 Å². The maximum absolute atomic E-state index is 11.1. The minimum atomic E-state index is -0.0487. The molecule has 5 nitrogen and oxygen atoms in total. The van der Waals surface area contributed by atoms with Crippen molar-refractivity contribution in [2.24, 2.45) is 0 Å². The van der Waals surface area contributed by atoms with E-state index in [1.807, 2.05) is 42.6 Å². The van der Waals surface area contributed by atoms with Crippen LogP contribution >= 0.6 is 11.6 Å². The first-order valence-corrected chi connectivity index (χ1v) is 10.6. The van der Waals surface area contributed by atoms with E-state index in [2.05, 4.69) is 27.3 Å². The molecule has 0 bridgehead atoms. The average molecular weight is 421 g/mol. The standard InChI is InChI=1S/C24H25ClN4O/c1-17(30)27-22-7-5-18(6-8-22)16-29-11-9-19(10-12-29)23-14-26-15-24(28-23)20-3-2-4-21(25)13-20/h2-8,13-15,19H,9-12,16H2,1H3,(H,27,30). The van der Waals surface area contributed by atoms with E-state index in [9.17, 15) is 4.79 Å². The Labute approximate surface area is 182 Å². The van der Waals surface area contributed by atoms with Crippen molar-refractivity contribution in [2.45, 2.75) is 32.2 Å². The normalized spacial score (nSPS) is 15.1. The highest BCUT2D eigenvalue weighted by atomic mass is 35.5. The lowest BCUT2D eigenvalue weighted by Gasteiger charge is -2.31. The summed E-state index contributed by atoms with van der Waals surface area (Å²) >= 11 is 6.12. The van der Waals surface area contributed by atoms with E-state index < -0.39 is 0 Å². The summed E-state index contributed by atoms with van der Waals surface area (Å²) in [6, 6.07) is 15.8. The molecule has 1 aliphatic rings. The zero-order valence-corrected chi connectivity index (χ0v) is 17.8. The van der Waals surface area contributed by atoms with E-state index in [4.69, 9.17) is 16.6 Å².